The first-order valence-corrected chi connectivity index (χ1v) is 13.4. The highest BCUT2D eigenvalue weighted by atomic mass is 32.3. The molecular formula is C23H31N5O4S. The van der Waals surface area contributed by atoms with E-state index in [0.29, 0.717) is 58.7 Å². The lowest BCUT2D eigenvalue weighted by atomic mass is 9.86. The second-order valence-corrected chi connectivity index (χ2v) is 11.5. The fourth-order valence-electron chi connectivity index (χ4n) is 5.03. The first kappa shape index (κ1) is 22.2. The van der Waals surface area contributed by atoms with Crippen molar-refractivity contribution in [2.75, 3.05) is 36.6 Å². The maximum Gasteiger partial charge on any atom is 0.262 e. The summed E-state index contributed by atoms with van der Waals surface area (Å²) in [5, 5.41) is 5.29. The van der Waals surface area contributed by atoms with Gasteiger partial charge in [0.15, 0.2) is 5.65 Å². The summed E-state index contributed by atoms with van der Waals surface area (Å²) in [6, 6.07) is 5.76. The molecule has 0 radical (unpaired) electrons. The molecule has 33 heavy (non-hydrogen) atoms. The Balaban J connectivity index is 1.51. The van der Waals surface area contributed by atoms with Gasteiger partial charge in [-0.1, -0.05) is 19.3 Å². The standard InChI is InChI=1S/C23H31N5O4S/c1-27-22-19(20(26-27)15-6-4-3-5-7-15)23(29)25-21(24-22)17-9-8-16(14-18(17)32-2)28-10-12-33(30,31)13-11-28/h8-9,14-15,30-31H,3-7,10-13H2,1-2H3,(H,24,25,29). The van der Waals surface area contributed by atoms with Crippen LogP contribution in [0.5, 0.6) is 5.75 Å². The molecule has 1 saturated carbocycles. The summed E-state index contributed by atoms with van der Waals surface area (Å²) in [6.45, 7) is 1.15. The van der Waals surface area contributed by atoms with Crippen LogP contribution < -0.4 is 15.2 Å². The van der Waals surface area contributed by atoms with Crippen LogP contribution in [0.4, 0.5) is 5.69 Å². The lowest BCUT2D eigenvalue weighted by molar-refractivity contribution is 0.416. The highest BCUT2D eigenvalue weighted by Crippen LogP contribution is 2.42. The molecule has 0 spiro atoms. The molecule has 3 heterocycles. The van der Waals surface area contributed by atoms with Crippen LogP contribution in [0, 0.1) is 0 Å². The average Bonchev–Trinajstić information content (AvgIpc) is 3.16. The van der Waals surface area contributed by atoms with Gasteiger partial charge < -0.3 is 14.6 Å². The molecule has 10 heteroatoms. The first-order valence-electron chi connectivity index (χ1n) is 11.5. The maximum absolute atomic E-state index is 13.2. The van der Waals surface area contributed by atoms with Crippen molar-refractivity contribution >= 4 is 27.3 Å². The van der Waals surface area contributed by atoms with Crippen molar-refractivity contribution in [1.82, 2.24) is 19.7 Å². The molecule has 3 aromatic rings. The van der Waals surface area contributed by atoms with Crippen LogP contribution in [-0.2, 0) is 7.05 Å². The quantitative estimate of drug-likeness (QED) is 0.525. The van der Waals surface area contributed by atoms with Gasteiger partial charge in [-0.3, -0.25) is 13.9 Å². The van der Waals surface area contributed by atoms with Crippen molar-refractivity contribution in [3.05, 3.63) is 34.2 Å². The Morgan fingerprint density at radius 3 is 2.58 bits per heavy atom. The number of aromatic nitrogens is 4. The summed E-state index contributed by atoms with van der Waals surface area (Å²) in [4.78, 5) is 23.0. The fraction of sp³-hybridized carbons (Fsp3) is 0.522. The predicted octanol–water partition coefficient (Wildman–Crippen LogP) is 3.95. The minimum absolute atomic E-state index is 0.170. The van der Waals surface area contributed by atoms with Crippen molar-refractivity contribution in [3.8, 4) is 17.1 Å². The number of nitrogens with zero attached hydrogens (tertiary/aromatic N) is 4. The second kappa shape index (κ2) is 8.66. The minimum Gasteiger partial charge on any atom is -0.496 e. The van der Waals surface area contributed by atoms with Gasteiger partial charge in [-0.2, -0.15) is 15.7 Å². The largest absolute Gasteiger partial charge is 0.496 e. The molecule has 2 fully saturated rings. The number of methoxy groups -OCH3 is 1. The van der Waals surface area contributed by atoms with E-state index in [1.165, 1.54) is 19.3 Å². The van der Waals surface area contributed by atoms with Gasteiger partial charge in [0.2, 0.25) is 0 Å². The summed E-state index contributed by atoms with van der Waals surface area (Å²) in [5.74, 6) is 2.09. The number of nitrogens with one attached hydrogen (secondary N) is 1. The molecule has 1 aromatic carbocycles. The number of aryl methyl sites for hydroxylation is 1. The maximum atomic E-state index is 13.2. The summed E-state index contributed by atoms with van der Waals surface area (Å²) in [6.07, 6.45) is 5.72. The number of rotatable bonds is 4. The van der Waals surface area contributed by atoms with Crippen LogP contribution >= 0.6 is 10.6 Å². The first-order chi connectivity index (χ1) is 15.9. The van der Waals surface area contributed by atoms with E-state index in [-0.39, 0.29) is 5.56 Å². The van der Waals surface area contributed by atoms with Crippen molar-refractivity contribution < 1.29 is 13.8 Å². The van der Waals surface area contributed by atoms with Crippen molar-refractivity contribution in [2.24, 2.45) is 7.05 Å². The van der Waals surface area contributed by atoms with E-state index in [1.54, 1.807) is 11.8 Å². The Morgan fingerprint density at radius 2 is 1.88 bits per heavy atom. The molecule has 5 rings (SSSR count). The van der Waals surface area contributed by atoms with Gasteiger partial charge in [0.25, 0.3) is 5.56 Å². The zero-order valence-corrected chi connectivity index (χ0v) is 19.9. The molecule has 0 amide bonds. The summed E-state index contributed by atoms with van der Waals surface area (Å²) in [7, 11) is 0.976. The van der Waals surface area contributed by atoms with E-state index < -0.39 is 10.6 Å². The van der Waals surface area contributed by atoms with Gasteiger partial charge >= 0.3 is 0 Å². The average molecular weight is 474 g/mol. The van der Waals surface area contributed by atoms with E-state index in [9.17, 15) is 13.9 Å². The highest BCUT2D eigenvalue weighted by Gasteiger charge is 2.26. The van der Waals surface area contributed by atoms with Gasteiger partial charge in [-0.05, 0) is 25.0 Å². The zero-order valence-electron chi connectivity index (χ0n) is 19.1. The monoisotopic (exact) mass is 473 g/mol. The van der Waals surface area contributed by atoms with Crippen LogP contribution in [0.15, 0.2) is 23.0 Å². The van der Waals surface area contributed by atoms with Gasteiger partial charge in [0, 0.05) is 37.8 Å². The Labute approximate surface area is 194 Å². The fourth-order valence-corrected chi connectivity index (χ4v) is 6.26. The molecule has 0 unspecified atom stereocenters. The number of H-pyrrole nitrogens is 1. The van der Waals surface area contributed by atoms with Gasteiger partial charge in [0.05, 0.1) is 29.9 Å². The number of aromatic amines is 1. The highest BCUT2D eigenvalue weighted by molar-refractivity contribution is 8.24. The molecule has 178 valence electrons. The molecule has 0 bridgehead atoms. The predicted molar refractivity (Wildman–Crippen MR) is 132 cm³/mol. The number of benzene rings is 1. The molecular weight excluding hydrogens is 442 g/mol. The summed E-state index contributed by atoms with van der Waals surface area (Å²) in [5.41, 5.74) is 2.92. The van der Waals surface area contributed by atoms with Crippen LogP contribution in [-0.4, -0.2) is 60.6 Å². The normalized spacial score (nSPS) is 20.2. The summed E-state index contributed by atoms with van der Waals surface area (Å²) < 4.78 is 27.1. The van der Waals surface area contributed by atoms with E-state index in [2.05, 4.69) is 9.88 Å². The van der Waals surface area contributed by atoms with Crippen molar-refractivity contribution in [1.29, 1.82) is 0 Å². The lowest BCUT2D eigenvalue weighted by Gasteiger charge is -2.42. The number of hydrogen-bond acceptors (Lipinski definition) is 7. The van der Waals surface area contributed by atoms with Crippen molar-refractivity contribution in [2.45, 2.75) is 38.0 Å². The molecule has 1 aliphatic carbocycles. The Bertz CT molecular complexity index is 1220. The minimum atomic E-state index is -2.46. The lowest BCUT2D eigenvalue weighted by Crippen LogP contribution is -2.38. The molecule has 3 N–H and O–H groups in total. The second-order valence-electron chi connectivity index (χ2n) is 9.04. The Morgan fingerprint density at radius 1 is 1.15 bits per heavy atom. The third kappa shape index (κ3) is 4.22. The van der Waals surface area contributed by atoms with Crippen molar-refractivity contribution in [3.63, 3.8) is 0 Å². The molecule has 9 nitrogen and oxygen atoms in total. The van der Waals surface area contributed by atoms with E-state index in [1.807, 2.05) is 25.2 Å². The smallest absolute Gasteiger partial charge is 0.262 e. The van der Waals surface area contributed by atoms with E-state index in [0.717, 1.165) is 24.2 Å². The molecule has 0 atom stereocenters. The SMILES string of the molecule is COc1cc(N2CCS(O)(O)CC2)ccc1-c1nc2c(c(C3CCCCC3)nn2C)c(=O)[nH]1. The van der Waals surface area contributed by atoms with Gasteiger partial charge in [-0.25, -0.2) is 9.67 Å². The third-order valence-corrected chi connectivity index (χ3v) is 8.57. The molecule has 2 aromatic heterocycles. The number of ether oxygens (including phenoxy) is 1. The topological polar surface area (TPSA) is 116 Å². The molecule has 2 aliphatic rings. The van der Waals surface area contributed by atoms with Crippen LogP contribution in [0.1, 0.15) is 43.7 Å². The number of fused-ring (bicyclic) bond motifs is 1. The zero-order chi connectivity index (χ0) is 23.2. The van der Waals surface area contributed by atoms with Gasteiger partial charge in [0.1, 0.15) is 17.0 Å². The molecule has 1 saturated heterocycles. The molecule has 1 aliphatic heterocycles. The number of hydrogen-bond donors (Lipinski definition) is 3. The van der Waals surface area contributed by atoms with Gasteiger partial charge in [-0.15, -0.1) is 0 Å². The van der Waals surface area contributed by atoms with Crippen LogP contribution in [0.3, 0.4) is 0 Å². The van der Waals surface area contributed by atoms with Crippen LogP contribution in [0.25, 0.3) is 22.4 Å². The van der Waals surface area contributed by atoms with Crippen LogP contribution in [0.2, 0.25) is 0 Å². The van der Waals surface area contributed by atoms with E-state index >= 15 is 0 Å². The van der Waals surface area contributed by atoms with E-state index in [4.69, 9.17) is 14.8 Å². The Kier molecular flexibility index (Phi) is 5.84. The third-order valence-electron chi connectivity index (χ3n) is 6.89. The summed E-state index contributed by atoms with van der Waals surface area (Å²) >= 11 is 0. The number of anilines is 1. The Hall–Kier alpha value is -2.56.